The van der Waals surface area contributed by atoms with Crippen LogP contribution in [0.5, 0.6) is 0 Å². The lowest BCUT2D eigenvalue weighted by Gasteiger charge is -2.40. The molecule has 4 rings (SSSR count). The second-order valence-electron chi connectivity index (χ2n) is 7.09. The zero-order valence-electron chi connectivity index (χ0n) is 14.6. The van der Waals surface area contributed by atoms with E-state index in [0.29, 0.717) is 5.92 Å². The monoisotopic (exact) mass is 340 g/mol. The number of nitrogens with one attached hydrogen (secondary N) is 1. The summed E-state index contributed by atoms with van der Waals surface area (Å²) in [6.45, 7) is 5.51. The van der Waals surface area contributed by atoms with Crippen molar-refractivity contribution in [2.75, 3.05) is 36.5 Å². The number of hydrogen-bond donors (Lipinski definition) is 1. The van der Waals surface area contributed by atoms with E-state index in [2.05, 4.69) is 30.4 Å². The fourth-order valence-corrected chi connectivity index (χ4v) is 3.84. The Labute approximate surface area is 147 Å². The summed E-state index contributed by atoms with van der Waals surface area (Å²) in [6.07, 6.45) is 8.61. The number of aryl methyl sites for hydroxylation is 1. The first-order chi connectivity index (χ1) is 12.2. The third-order valence-electron chi connectivity index (χ3n) is 5.07. The van der Waals surface area contributed by atoms with Gasteiger partial charge in [0.1, 0.15) is 11.6 Å². The fourth-order valence-electron chi connectivity index (χ4n) is 3.84. The fraction of sp³-hybridized carbons (Fsp3) is 0.556. The Kier molecular flexibility index (Phi) is 4.48. The van der Waals surface area contributed by atoms with E-state index < -0.39 is 0 Å². The van der Waals surface area contributed by atoms with E-state index in [9.17, 15) is 0 Å². The quantitative estimate of drug-likeness (QED) is 0.913. The van der Waals surface area contributed by atoms with E-state index in [0.717, 1.165) is 62.8 Å². The van der Waals surface area contributed by atoms with Crippen molar-refractivity contribution in [2.45, 2.75) is 31.8 Å². The maximum Gasteiger partial charge on any atom is 0.148 e. The second kappa shape index (κ2) is 6.92. The van der Waals surface area contributed by atoms with Gasteiger partial charge in [-0.1, -0.05) is 0 Å². The minimum Gasteiger partial charge on any atom is -0.373 e. The average Bonchev–Trinajstić information content (AvgIpc) is 3.04. The van der Waals surface area contributed by atoms with Gasteiger partial charge in [-0.3, -0.25) is 4.98 Å². The van der Waals surface area contributed by atoms with E-state index in [1.165, 1.54) is 0 Å². The molecule has 2 aromatic rings. The molecule has 2 saturated heterocycles. The normalized spacial score (nSPS) is 26.1. The zero-order chi connectivity index (χ0) is 17.1. The van der Waals surface area contributed by atoms with Gasteiger partial charge in [-0.15, -0.1) is 5.10 Å². The van der Waals surface area contributed by atoms with Crippen LogP contribution >= 0.6 is 0 Å². The second-order valence-corrected chi connectivity index (χ2v) is 7.09. The van der Waals surface area contributed by atoms with E-state index in [1.54, 1.807) is 12.4 Å². The van der Waals surface area contributed by atoms with Gasteiger partial charge >= 0.3 is 0 Å². The standard InChI is InChI=1S/C18H24N6O/c1-14-3-4-16(23-22-14)21-10-15-9-18(25-12-15)5-2-8-24(13-18)17-11-19-6-7-20-17/h3-4,6-7,11,15H,2,5,8-10,12-13H2,1H3,(H,21,23). The highest BCUT2D eigenvalue weighted by Crippen LogP contribution is 2.38. The van der Waals surface area contributed by atoms with Gasteiger partial charge in [0.25, 0.3) is 0 Å². The van der Waals surface area contributed by atoms with E-state index in [1.807, 2.05) is 25.3 Å². The molecule has 132 valence electrons. The van der Waals surface area contributed by atoms with Crippen molar-refractivity contribution < 1.29 is 4.74 Å². The molecule has 0 saturated carbocycles. The number of piperidine rings is 1. The molecule has 7 heteroatoms. The molecular weight excluding hydrogens is 316 g/mol. The zero-order valence-corrected chi connectivity index (χ0v) is 14.6. The molecule has 1 N–H and O–H groups in total. The van der Waals surface area contributed by atoms with Crippen molar-refractivity contribution in [3.8, 4) is 0 Å². The molecule has 2 aliphatic heterocycles. The first-order valence-electron chi connectivity index (χ1n) is 8.92. The van der Waals surface area contributed by atoms with Gasteiger partial charge in [0.2, 0.25) is 0 Å². The summed E-state index contributed by atoms with van der Waals surface area (Å²) < 4.78 is 6.29. The molecule has 4 heterocycles. The predicted molar refractivity (Wildman–Crippen MR) is 95.5 cm³/mol. The van der Waals surface area contributed by atoms with Gasteiger partial charge < -0.3 is 15.0 Å². The van der Waals surface area contributed by atoms with Gasteiger partial charge in [-0.25, -0.2) is 4.98 Å². The van der Waals surface area contributed by atoms with Crippen molar-refractivity contribution in [3.63, 3.8) is 0 Å². The number of ether oxygens (including phenoxy) is 1. The minimum atomic E-state index is -0.0545. The summed E-state index contributed by atoms with van der Waals surface area (Å²) >= 11 is 0. The number of hydrogen-bond acceptors (Lipinski definition) is 7. The molecule has 1 spiro atoms. The third-order valence-corrected chi connectivity index (χ3v) is 5.07. The van der Waals surface area contributed by atoms with Gasteiger partial charge in [0.15, 0.2) is 0 Å². The van der Waals surface area contributed by atoms with Gasteiger partial charge in [0.05, 0.1) is 24.1 Å². The maximum atomic E-state index is 6.29. The van der Waals surface area contributed by atoms with Crippen LogP contribution in [-0.4, -0.2) is 52.0 Å². The van der Waals surface area contributed by atoms with Crippen LogP contribution in [0.1, 0.15) is 25.0 Å². The Hall–Kier alpha value is -2.28. The Morgan fingerprint density at radius 1 is 1.32 bits per heavy atom. The largest absolute Gasteiger partial charge is 0.373 e. The summed E-state index contributed by atoms with van der Waals surface area (Å²) in [7, 11) is 0. The van der Waals surface area contributed by atoms with Gasteiger partial charge in [0, 0.05) is 37.9 Å². The number of anilines is 2. The van der Waals surface area contributed by atoms with Crippen molar-refractivity contribution in [1.29, 1.82) is 0 Å². The number of aromatic nitrogens is 4. The summed E-state index contributed by atoms with van der Waals surface area (Å²) in [5.41, 5.74) is 0.876. The van der Waals surface area contributed by atoms with Gasteiger partial charge in [-0.05, 0) is 38.3 Å². The molecule has 0 radical (unpaired) electrons. The van der Waals surface area contributed by atoms with Crippen molar-refractivity contribution in [2.24, 2.45) is 5.92 Å². The molecule has 2 fully saturated rings. The van der Waals surface area contributed by atoms with Crippen LogP contribution < -0.4 is 10.2 Å². The molecule has 0 bridgehead atoms. The van der Waals surface area contributed by atoms with Crippen molar-refractivity contribution in [3.05, 3.63) is 36.4 Å². The summed E-state index contributed by atoms with van der Waals surface area (Å²) in [6, 6.07) is 3.95. The van der Waals surface area contributed by atoms with E-state index >= 15 is 0 Å². The van der Waals surface area contributed by atoms with Crippen LogP contribution in [0.4, 0.5) is 11.6 Å². The lowest BCUT2D eigenvalue weighted by molar-refractivity contribution is -0.00705. The molecule has 2 aliphatic rings. The molecule has 2 atom stereocenters. The summed E-state index contributed by atoms with van der Waals surface area (Å²) in [5, 5.41) is 11.6. The maximum absolute atomic E-state index is 6.29. The lowest BCUT2D eigenvalue weighted by atomic mass is 9.86. The van der Waals surface area contributed by atoms with Crippen LogP contribution in [0.3, 0.4) is 0 Å². The topological polar surface area (TPSA) is 76.1 Å². The SMILES string of the molecule is Cc1ccc(NCC2COC3(CCCN(c4cnccn4)C3)C2)nn1. The lowest BCUT2D eigenvalue weighted by Crippen LogP contribution is -2.48. The Bertz CT molecular complexity index is 694. The smallest absolute Gasteiger partial charge is 0.148 e. The van der Waals surface area contributed by atoms with Crippen molar-refractivity contribution >= 4 is 11.6 Å². The average molecular weight is 340 g/mol. The Morgan fingerprint density at radius 3 is 3.08 bits per heavy atom. The number of nitrogens with zero attached hydrogens (tertiary/aromatic N) is 5. The number of rotatable bonds is 4. The first kappa shape index (κ1) is 16.2. The third kappa shape index (κ3) is 3.71. The Balaban J connectivity index is 1.35. The molecule has 7 nitrogen and oxygen atoms in total. The Morgan fingerprint density at radius 2 is 2.28 bits per heavy atom. The predicted octanol–water partition coefficient (Wildman–Crippen LogP) is 2.06. The van der Waals surface area contributed by atoms with Crippen molar-refractivity contribution in [1.82, 2.24) is 20.2 Å². The molecule has 0 aromatic carbocycles. The molecular formula is C18H24N6O. The van der Waals surface area contributed by atoms with Crippen LogP contribution in [0.2, 0.25) is 0 Å². The molecule has 2 aromatic heterocycles. The summed E-state index contributed by atoms with van der Waals surface area (Å²) in [4.78, 5) is 10.9. The van der Waals surface area contributed by atoms with Crippen LogP contribution in [0.25, 0.3) is 0 Å². The molecule has 25 heavy (non-hydrogen) atoms. The highest BCUT2D eigenvalue weighted by molar-refractivity contribution is 5.37. The van der Waals surface area contributed by atoms with Crippen LogP contribution in [0, 0.1) is 12.8 Å². The highest BCUT2D eigenvalue weighted by atomic mass is 16.5. The molecule has 0 amide bonds. The van der Waals surface area contributed by atoms with Crippen LogP contribution in [0.15, 0.2) is 30.7 Å². The highest BCUT2D eigenvalue weighted by Gasteiger charge is 2.43. The summed E-state index contributed by atoms with van der Waals surface area (Å²) in [5.74, 6) is 2.27. The first-order valence-corrected chi connectivity index (χ1v) is 8.92. The minimum absolute atomic E-state index is 0.0545. The van der Waals surface area contributed by atoms with E-state index in [-0.39, 0.29) is 5.60 Å². The van der Waals surface area contributed by atoms with Gasteiger partial charge in [-0.2, -0.15) is 5.10 Å². The van der Waals surface area contributed by atoms with E-state index in [4.69, 9.17) is 4.74 Å². The van der Waals surface area contributed by atoms with Crippen LogP contribution in [-0.2, 0) is 4.74 Å². The molecule has 0 aliphatic carbocycles. The molecule has 2 unspecified atom stereocenters.